The van der Waals surface area contributed by atoms with E-state index in [1.54, 1.807) is 0 Å². The van der Waals surface area contributed by atoms with Crippen LogP contribution in [0.2, 0.25) is 0 Å². The fourth-order valence-electron chi connectivity index (χ4n) is 3.47. The number of allylic oxidation sites excluding steroid dienone is 2. The Balaban J connectivity index is 2.45. The van der Waals surface area contributed by atoms with E-state index in [0.29, 0.717) is 0 Å². The first-order valence-electron chi connectivity index (χ1n) is 10.1. The minimum absolute atomic E-state index is 0.767. The van der Waals surface area contributed by atoms with Gasteiger partial charge in [-0.1, -0.05) is 0 Å². The van der Waals surface area contributed by atoms with Crippen molar-refractivity contribution in [2.75, 3.05) is 0 Å². The first-order valence-corrected chi connectivity index (χ1v) is 10.1. The van der Waals surface area contributed by atoms with Crippen LogP contribution in [-0.2, 0) is 0 Å². The molecule has 0 bridgehead atoms. The molecule has 224 valence electrons. The summed E-state index contributed by atoms with van der Waals surface area (Å²) in [6, 6.07) is 0. The van der Waals surface area contributed by atoms with Gasteiger partial charge in [0.25, 0.3) is 0 Å². The molecule has 1 aliphatic carbocycles. The van der Waals surface area contributed by atoms with Gasteiger partial charge in [0.15, 0.2) is 52.2 Å². The van der Waals surface area contributed by atoms with E-state index < -0.39 is 128 Å². The van der Waals surface area contributed by atoms with Crippen molar-refractivity contribution in [3.05, 3.63) is 80.7 Å². The summed E-state index contributed by atoms with van der Waals surface area (Å²) < 4.78 is 155. The quantitative estimate of drug-likeness (QED) is 0.182. The van der Waals surface area contributed by atoms with Gasteiger partial charge in [0.1, 0.15) is 22.3 Å². The highest BCUT2D eigenvalue weighted by molar-refractivity contribution is 6.03. The van der Waals surface area contributed by atoms with Crippen LogP contribution in [0.5, 0.6) is 11.5 Å². The second-order valence-electron chi connectivity index (χ2n) is 7.69. The Labute approximate surface area is 221 Å². The monoisotopic (exact) mass is 620 g/mol. The summed E-state index contributed by atoms with van der Waals surface area (Å²) in [6.45, 7) is 0. The molecule has 1 aliphatic rings. The Bertz CT molecular complexity index is 1570. The average Bonchev–Trinajstić information content (AvgIpc) is 2.88. The third-order valence-corrected chi connectivity index (χ3v) is 5.29. The summed E-state index contributed by atoms with van der Waals surface area (Å²) in [4.78, 5) is 45.1. The number of benzene rings is 2. The molecular weight excluding hydrogens is 614 g/mol. The van der Waals surface area contributed by atoms with Crippen molar-refractivity contribution in [3.63, 3.8) is 0 Å². The van der Waals surface area contributed by atoms with Gasteiger partial charge in [-0.3, -0.25) is 0 Å². The molecule has 0 heterocycles. The number of carbonyl (C=O) groups is 4. The highest BCUT2D eigenvalue weighted by Gasteiger charge is 2.58. The lowest BCUT2D eigenvalue weighted by molar-refractivity contribution is -0.149. The lowest BCUT2D eigenvalue weighted by Gasteiger charge is -2.37. The largest absolute Gasteiger partial charge is 0.478 e. The van der Waals surface area contributed by atoms with Crippen LogP contribution < -0.4 is 9.47 Å². The van der Waals surface area contributed by atoms with Gasteiger partial charge in [0.2, 0.25) is 17.8 Å². The molecule has 0 saturated carbocycles. The topological polar surface area (TPSA) is 168 Å². The summed E-state index contributed by atoms with van der Waals surface area (Å²) in [5.74, 6) is -46.3. The van der Waals surface area contributed by atoms with Crippen LogP contribution in [0.1, 0.15) is 41.4 Å². The van der Waals surface area contributed by atoms with E-state index in [4.69, 9.17) is 20.4 Å². The van der Waals surface area contributed by atoms with Gasteiger partial charge in [-0.05, 0) is 0 Å². The maximum absolute atomic E-state index is 15.1. The standard InChI is InChI=1S/C22H6F10O10/c23-2-1-3(24)22(17(32)8(2)25,41-15-11(28)6(20(37)38)4(18(33)34)9(26)13(15)30)42-16-12(29)7(21(39)40)5(19(35)36)10(27)14(16)31/h1,17H,(H,33,34)(H,35,36)(H,37,38)(H,39,40). The molecule has 1 atom stereocenters. The Kier molecular flexibility index (Phi) is 7.88. The smallest absolute Gasteiger partial charge is 0.344 e. The predicted molar refractivity (Wildman–Crippen MR) is 108 cm³/mol. The molecule has 0 radical (unpaired) electrons. The fourth-order valence-corrected chi connectivity index (χ4v) is 3.47. The van der Waals surface area contributed by atoms with Crippen LogP contribution in [0.25, 0.3) is 0 Å². The van der Waals surface area contributed by atoms with Gasteiger partial charge < -0.3 is 29.9 Å². The van der Waals surface area contributed by atoms with Crippen LogP contribution >= 0.6 is 0 Å². The second kappa shape index (κ2) is 10.6. The Morgan fingerprint density at radius 1 is 0.571 bits per heavy atom. The zero-order valence-corrected chi connectivity index (χ0v) is 19.2. The molecule has 4 N–H and O–H groups in total. The number of carboxylic acids is 4. The lowest BCUT2D eigenvalue weighted by Crippen LogP contribution is -2.54. The van der Waals surface area contributed by atoms with Crippen molar-refractivity contribution in [2.24, 2.45) is 0 Å². The third-order valence-electron chi connectivity index (χ3n) is 5.29. The van der Waals surface area contributed by atoms with Gasteiger partial charge in [0, 0.05) is 6.08 Å². The molecule has 2 aromatic carbocycles. The van der Waals surface area contributed by atoms with Crippen molar-refractivity contribution < 1.29 is 93.0 Å². The summed E-state index contributed by atoms with van der Waals surface area (Å²) in [6.07, 6.45) is -5.09. The van der Waals surface area contributed by atoms with Gasteiger partial charge in [-0.15, -0.1) is 0 Å². The second-order valence-corrected chi connectivity index (χ2v) is 7.69. The number of halogens is 10. The number of carboxylic acid groups (broad SMARTS) is 4. The molecular formula is C22H6F10O10. The van der Waals surface area contributed by atoms with E-state index in [1.165, 1.54) is 0 Å². The van der Waals surface area contributed by atoms with Crippen LogP contribution in [0, 0.1) is 34.9 Å². The molecule has 2 aromatic rings. The van der Waals surface area contributed by atoms with Crippen molar-refractivity contribution in [3.8, 4) is 11.5 Å². The zero-order chi connectivity index (χ0) is 32.2. The van der Waals surface area contributed by atoms with Gasteiger partial charge in [0.05, 0.1) is 0 Å². The van der Waals surface area contributed by atoms with Crippen molar-refractivity contribution in [1.29, 1.82) is 0 Å². The number of hydrogen-bond donors (Lipinski definition) is 4. The molecule has 0 fully saturated rings. The fraction of sp³-hybridized carbons (Fsp3) is 0.0909. The number of alkyl halides is 1. The zero-order valence-electron chi connectivity index (χ0n) is 19.2. The van der Waals surface area contributed by atoms with E-state index >= 15 is 8.78 Å². The van der Waals surface area contributed by atoms with E-state index in [2.05, 4.69) is 9.47 Å². The first-order chi connectivity index (χ1) is 19.3. The Hall–Kier alpha value is -5.30. The van der Waals surface area contributed by atoms with Crippen molar-refractivity contribution in [2.45, 2.75) is 12.0 Å². The van der Waals surface area contributed by atoms with E-state index in [9.17, 15) is 54.3 Å². The molecule has 10 nitrogen and oxygen atoms in total. The lowest BCUT2D eigenvalue weighted by atomic mass is 10.00. The molecule has 20 heteroatoms. The molecule has 3 rings (SSSR count). The van der Waals surface area contributed by atoms with Crippen LogP contribution in [0.3, 0.4) is 0 Å². The number of aromatic carboxylic acids is 4. The molecule has 1 unspecified atom stereocenters. The third kappa shape index (κ3) is 4.59. The molecule has 0 aliphatic heterocycles. The maximum atomic E-state index is 15.1. The SMILES string of the molecule is O=C(O)c1c(F)c(F)c(OC2(Oc3c(F)c(F)c(C(=O)O)c(C(=O)O)c3F)C(F)=CC(F)=C(F)C2F)c(F)c1C(=O)O. The van der Waals surface area contributed by atoms with Crippen molar-refractivity contribution >= 4 is 23.9 Å². The van der Waals surface area contributed by atoms with Crippen molar-refractivity contribution in [1.82, 2.24) is 0 Å². The number of hydrogen-bond acceptors (Lipinski definition) is 6. The van der Waals surface area contributed by atoms with E-state index in [-0.39, 0.29) is 0 Å². The Morgan fingerprint density at radius 3 is 1.19 bits per heavy atom. The molecule has 0 spiro atoms. The van der Waals surface area contributed by atoms with Gasteiger partial charge in [-0.2, -0.15) is 8.78 Å². The van der Waals surface area contributed by atoms with Crippen LogP contribution in [0.15, 0.2) is 23.6 Å². The normalized spacial score (nSPS) is 16.1. The summed E-state index contributed by atoms with van der Waals surface area (Å²) in [5.41, 5.74) is -9.12. The molecule has 0 aromatic heterocycles. The minimum atomic E-state index is -4.89. The highest BCUT2D eigenvalue weighted by Crippen LogP contribution is 2.46. The van der Waals surface area contributed by atoms with Gasteiger partial charge >= 0.3 is 29.7 Å². The van der Waals surface area contributed by atoms with Crippen LogP contribution in [0.4, 0.5) is 43.9 Å². The molecule has 42 heavy (non-hydrogen) atoms. The summed E-state index contributed by atoms with van der Waals surface area (Å²) in [7, 11) is 0. The average molecular weight is 620 g/mol. The van der Waals surface area contributed by atoms with E-state index in [0.717, 1.165) is 0 Å². The summed E-state index contributed by atoms with van der Waals surface area (Å²) in [5, 5.41) is 36.0. The number of rotatable bonds is 8. The highest BCUT2D eigenvalue weighted by atomic mass is 19.2. The summed E-state index contributed by atoms with van der Waals surface area (Å²) >= 11 is 0. The first kappa shape index (κ1) is 31.2. The van der Waals surface area contributed by atoms with E-state index in [1.807, 2.05) is 0 Å². The minimum Gasteiger partial charge on any atom is -0.478 e. The number of ether oxygens (including phenoxy) is 2. The Morgan fingerprint density at radius 2 is 0.881 bits per heavy atom. The molecule has 0 saturated heterocycles. The van der Waals surface area contributed by atoms with Gasteiger partial charge in [-0.25, -0.2) is 54.3 Å². The predicted octanol–water partition coefficient (Wildman–Crippen LogP) is 4.82. The molecule has 0 amide bonds. The maximum Gasteiger partial charge on any atom is 0.344 e. The van der Waals surface area contributed by atoms with Crippen LogP contribution in [-0.4, -0.2) is 56.3 Å².